The van der Waals surface area contributed by atoms with Crippen LogP contribution in [0.1, 0.15) is 181 Å². The molecule has 0 aliphatic heterocycles. The van der Waals surface area contributed by atoms with Gasteiger partial charge >= 0.3 is 19.8 Å². The predicted octanol–water partition coefficient (Wildman–Crippen LogP) is 8.06. The standard InChI is InChI=1S/C43H79O13P/c1-3-5-7-9-11-13-15-17-18-20-21-23-25-27-29-31-36(44)53-33-35(34-54-57(51,52)56-43-41(49)39(47)38(46)40(48)42(43)50)55-37(45)32-30-28-26-24-22-19-16-14-12-10-8-6-4-2/h8,10,14,16,35,38-43,46-50H,3-7,9,11-13,15,17-34H2,1-2H3,(H,51,52)/b10-8-,16-14-/t35-,38?,39-,40?,41?,42?,43?/m1/s1. The molecule has 8 atom stereocenters. The summed E-state index contributed by atoms with van der Waals surface area (Å²) in [7, 11) is -5.11. The Morgan fingerprint density at radius 3 is 1.49 bits per heavy atom. The molecular weight excluding hydrogens is 755 g/mol. The van der Waals surface area contributed by atoms with Crippen molar-refractivity contribution < 1.29 is 63.1 Å². The monoisotopic (exact) mass is 835 g/mol. The fraction of sp³-hybridized carbons (Fsp3) is 0.860. The van der Waals surface area contributed by atoms with E-state index >= 15 is 0 Å². The second-order valence-electron chi connectivity index (χ2n) is 15.6. The molecule has 14 heteroatoms. The predicted molar refractivity (Wildman–Crippen MR) is 221 cm³/mol. The number of hydrogen-bond acceptors (Lipinski definition) is 12. The molecule has 0 bridgehead atoms. The van der Waals surface area contributed by atoms with Crippen molar-refractivity contribution in [2.45, 2.75) is 224 Å². The molecule has 0 aromatic heterocycles. The van der Waals surface area contributed by atoms with E-state index < -0.39 is 75.7 Å². The summed E-state index contributed by atoms with van der Waals surface area (Å²) in [6, 6.07) is 0. The molecule has 1 saturated carbocycles. The fourth-order valence-electron chi connectivity index (χ4n) is 6.68. The molecule has 0 spiro atoms. The molecule has 6 N–H and O–H groups in total. The molecule has 0 radical (unpaired) electrons. The van der Waals surface area contributed by atoms with E-state index in [1.807, 2.05) is 0 Å². The molecule has 1 rings (SSSR count). The number of hydrogen-bond donors (Lipinski definition) is 6. The summed E-state index contributed by atoms with van der Waals surface area (Å²) in [4.78, 5) is 35.6. The van der Waals surface area contributed by atoms with Crippen LogP contribution in [0.5, 0.6) is 0 Å². The highest BCUT2D eigenvalue weighted by Gasteiger charge is 2.51. The molecule has 0 aromatic rings. The zero-order valence-corrected chi connectivity index (χ0v) is 36.0. The first-order chi connectivity index (χ1) is 27.4. The topological polar surface area (TPSA) is 210 Å². The van der Waals surface area contributed by atoms with E-state index in [1.54, 1.807) is 0 Å². The number of carbonyl (C=O) groups excluding carboxylic acids is 2. The highest BCUT2D eigenvalue weighted by molar-refractivity contribution is 7.47. The van der Waals surface area contributed by atoms with Gasteiger partial charge < -0.3 is 39.9 Å². The number of esters is 2. The Balaban J connectivity index is 2.48. The molecule has 57 heavy (non-hydrogen) atoms. The number of phosphoric acid groups is 1. The summed E-state index contributed by atoms with van der Waals surface area (Å²) in [6.07, 6.45) is 22.4. The summed E-state index contributed by atoms with van der Waals surface area (Å²) in [5.74, 6) is -1.11. The Bertz CT molecular complexity index is 1100. The molecule has 1 aliphatic rings. The quantitative estimate of drug-likeness (QED) is 0.0153. The van der Waals surface area contributed by atoms with E-state index in [1.165, 1.54) is 70.6 Å². The number of rotatable bonds is 36. The highest BCUT2D eigenvalue weighted by atomic mass is 31.2. The van der Waals surface area contributed by atoms with Crippen LogP contribution < -0.4 is 0 Å². The Morgan fingerprint density at radius 1 is 0.544 bits per heavy atom. The normalized spacial score (nSPS) is 22.9. The van der Waals surface area contributed by atoms with Gasteiger partial charge in [-0.05, 0) is 38.5 Å². The van der Waals surface area contributed by atoms with Crippen LogP contribution in [0.25, 0.3) is 0 Å². The molecule has 13 nitrogen and oxygen atoms in total. The number of carbonyl (C=O) groups is 2. The van der Waals surface area contributed by atoms with Crippen molar-refractivity contribution in [2.24, 2.45) is 0 Å². The number of aliphatic hydroxyl groups excluding tert-OH is 5. The Labute approximate surface area is 343 Å². The molecule has 0 heterocycles. The van der Waals surface area contributed by atoms with Gasteiger partial charge in [0.2, 0.25) is 0 Å². The van der Waals surface area contributed by atoms with Crippen molar-refractivity contribution in [3.63, 3.8) is 0 Å². The number of unbranched alkanes of at least 4 members (excludes halogenated alkanes) is 20. The highest BCUT2D eigenvalue weighted by Crippen LogP contribution is 2.47. The van der Waals surface area contributed by atoms with Gasteiger partial charge in [-0.15, -0.1) is 0 Å². The first-order valence-corrected chi connectivity index (χ1v) is 23.6. The summed E-state index contributed by atoms with van der Waals surface area (Å²) in [5.41, 5.74) is 0. The maximum Gasteiger partial charge on any atom is 0.472 e. The van der Waals surface area contributed by atoms with Crippen molar-refractivity contribution >= 4 is 19.8 Å². The van der Waals surface area contributed by atoms with Gasteiger partial charge in [0, 0.05) is 12.8 Å². The van der Waals surface area contributed by atoms with Crippen molar-refractivity contribution in [3.05, 3.63) is 24.3 Å². The number of phosphoric ester groups is 1. The number of ether oxygens (including phenoxy) is 2. The van der Waals surface area contributed by atoms with Crippen molar-refractivity contribution in [2.75, 3.05) is 13.2 Å². The van der Waals surface area contributed by atoms with E-state index in [0.29, 0.717) is 12.8 Å². The maximum atomic E-state index is 12.8. The smallest absolute Gasteiger partial charge is 0.462 e. The van der Waals surface area contributed by atoms with Crippen LogP contribution >= 0.6 is 7.82 Å². The van der Waals surface area contributed by atoms with Gasteiger partial charge in [0.05, 0.1) is 6.61 Å². The average Bonchev–Trinajstić information content (AvgIpc) is 3.19. The molecule has 1 aliphatic carbocycles. The maximum absolute atomic E-state index is 12.8. The molecule has 0 amide bonds. The van der Waals surface area contributed by atoms with Crippen LogP contribution in [0, 0.1) is 0 Å². The molecule has 334 valence electrons. The zero-order chi connectivity index (χ0) is 42.2. The summed E-state index contributed by atoms with van der Waals surface area (Å²) >= 11 is 0. The number of aliphatic hydroxyl groups is 5. The third kappa shape index (κ3) is 26.9. The van der Waals surface area contributed by atoms with Crippen LogP contribution in [-0.4, -0.2) is 98.3 Å². The van der Waals surface area contributed by atoms with Crippen LogP contribution in [0.4, 0.5) is 0 Å². The van der Waals surface area contributed by atoms with E-state index in [9.17, 15) is 44.6 Å². The van der Waals surface area contributed by atoms with Crippen LogP contribution in [0.15, 0.2) is 24.3 Å². The Morgan fingerprint density at radius 2 is 0.982 bits per heavy atom. The fourth-order valence-corrected chi connectivity index (χ4v) is 7.65. The van der Waals surface area contributed by atoms with Crippen LogP contribution in [0.2, 0.25) is 0 Å². The third-order valence-corrected chi connectivity index (χ3v) is 11.3. The summed E-state index contributed by atoms with van der Waals surface area (Å²) < 4.78 is 33.4. The lowest BCUT2D eigenvalue weighted by molar-refractivity contribution is -0.220. The van der Waals surface area contributed by atoms with Gasteiger partial charge in [-0.25, -0.2) is 4.57 Å². The summed E-state index contributed by atoms with van der Waals surface area (Å²) in [5, 5.41) is 50.1. The lowest BCUT2D eigenvalue weighted by Gasteiger charge is -2.41. The van der Waals surface area contributed by atoms with Gasteiger partial charge in [0.15, 0.2) is 6.10 Å². The largest absolute Gasteiger partial charge is 0.472 e. The van der Waals surface area contributed by atoms with Gasteiger partial charge in [-0.3, -0.25) is 18.6 Å². The lowest BCUT2D eigenvalue weighted by Crippen LogP contribution is -2.64. The van der Waals surface area contributed by atoms with Crippen molar-refractivity contribution in [1.82, 2.24) is 0 Å². The van der Waals surface area contributed by atoms with E-state index in [0.717, 1.165) is 70.6 Å². The second-order valence-corrected chi connectivity index (χ2v) is 17.0. The van der Waals surface area contributed by atoms with E-state index in [-0.39, 0.29) is 12.8 Å². The molecular formula is C43H79O13P. The van der Waals surface area contributed by atoms with Crippen molar-refractivity contribution in [1.29, 1.82) is 0 Å². The van der Waals surface area contributed by atoms with Crippen LogP contribution in [0.3, 0.4) is 0 Å². The summed E-state index contributed by atoms with van der Waals surface area (Å²) in [6.45, 7) is 3.22. The van der Waals surface area contributed by atoms with Crippen molar-refractivity contribution in [3.8, 4) is 0 Å². The molecule has 0 aromatic carbocycles. The van der Waals surface area contributed by atoms with Gasteiger partial charge in [-0.2, -0.15) is 0 Å². The minimum atomic E-state index is -5.11. The second kappa shape index (κ2) is 34.1. The minimum absolute atomic E-state index is 0.0828. The van der Waals surface area contributed by atoms with E-state index in [2.05, 4.69) is 38.2 Å². The Kier molecular flexibility index (Phi) is 31.9. The molecule has 1 fully saturated rings. The molecule has 0 saturated heterocycles. The number of allylic oxidation sites excluding steroid dienone is 4. The van der Waals surface area contributed by atoms with Gasteiger partial charge in [-0.1, -0.05) is 154 Å². The minimum Gasteiger partial charge on any atom is -0.462 e. The SMILES string of the molecule is CCC/C=C\C/C=C\CCCCCCCC(=O)O[C@H](COC(=O)CCCCCCCCCCCCCCCCC)COP(=O)(O)OC1C(O)C(O)C(O)[C@@H](O)C1O. The first kappa shape index (κ1) is 53.3. The third-order valence-electron chi connectivity index (χ3n) is 10.3. The Hall–Kier alpha value is -1.67. The van der Waals surface area contributed by atoms with Crippen LogP contribution in [-0.2, 0) is 32.7 Å². The lowest BCUT2D eigenvalue weighted by atomic mass is 9.85. The van der Waals surface area contributed by atoms with Gasteiger partial charge in [0.1, 0.15) is 43.2 Å². The molecule has 6 unspecified atom stereocenters. The zero-order valence-electron chi connectivity index (χ0n) is 35.1. The first-order valence-electron chi connectivity index (χ1n) is 22.1. The van der Waals surface area contributed by atoms with Gasteiger partial charge in [0.25, 0.3) is 0 Å². The van der Waals surface area contributed by atoms with E-state index in [4.69, 9.17) is 18.5 Å². The average molecular weight is 835 g/mol.